The topological polar surface area (TPSA) is 45.5 Å². The number of furan rings is 1. The van der Waals surface area contributed by atoms with Gasteiger partial charge in [0.05, 0.1) is 12.8 Å². The van der Waals surface area contributed by atoms with E-state index in [9.17, 15) is 4.79 Å². The second kappa shape index (κ2) is 7.03. The molecule has 5 heteroatoms. The maximum Gasteiger partial charge on any atom is 0.326 e. The van der Waals surface area contributed by atoms with Crippen molar-refractivity contribution in [3.8, 4) is 0 Å². The number of benzene rings is 2. The first-order valence-electron chi connectivity index (χ1n) is 7.14. The van der Waals surface area contributed by atoms with Gasteiger partial charge in [-0.15, -0.1) is 0 Å². The van der Waals surface area contributed by atoms with Crippen LogP contribution in [-0.4, -0.2) is 6.03 Å². The van der Waals surface area contributed by atoms with Gasteiger partial charge in [0.25, 0.3) is 0 Å². The molecule has 0 radical (unpaired) electrons. The summed E-state index contributed by atoms with van der Waals surface area (Å²) in [6.45, 7) is 0.312. The molecule has 0 spiro atoms. The highest BCUT2D eigenvalue weighted by molar-refractivity contribution is 6.31. The molecule has 0 aliphatic heterocycles. The third kappa shape index (κ3) is 3.93. The average molecular weight is 327 g/mol. The molecule has 0 saturated heterocycles. The van der Waals surface area contributed by atoms with Gasteiger partial charge in [-0.2, -0.15) is 0 Å². The molecule has 0 aliphatic rings. The van der Waals surface area contributed by atoms with Crippen molar-refractivity contribution < 1.29 is 9.21 Å². The number of carbonyl (C=O) groups is 1. The Balaban J connectivity index is 1.86. The zero-order valence-electron chi connectivity index (χ0n) is 12.3. The van der Waals surface area contributed by atoms with Gasteiger partial charge in [-0.3, -0.25) is 4.90 Å². The van der Waals surface area contributed by atoms with Crippen LogP contribution in [0.3, 0.4) is 0 Å². The Morgan fingerprint density at radius 1 is 1.04 bits per heavy atom. The van der Waals surface area contributed by atoms with Crippen LogP contribution in [0.1, 0.15) is 5.76 Å². The number of nitrogens with zero attached hydrogens (tertiary/aromatic N) is 1. The van der Waals surface area contributed by atoms with E-state index in [1.807, 2.05) is 48.5 Å². The molecule has 2 amide bonds. The summed E-state index contributed by atoms with van der Waals surface area (Å²) in [7, 11) is 0. The third-order valence-corrected chi connectivity index (χ3v) is 3.52. The highest BCUT2D eigenvalue weighted by atomic mass is 35.5. The Morgan fingerprint density at radius 2 is 1.87 bits per heavy atom. The van der Waals surface area contributed by atoms with Crippen molar-refractivity contribution in [1.82, 2.24) is 0 Å². The van der Waals surface area contributed by atoms with Gasteiger partial charge in [0.15, 0.2) is 0 Å². The zero-order chi connectivity index (χ0) is 16.1. The number of hydrogen-bond acceptors (Lipinski definition) is 2. The molecule has 116 valence electrons. The lowest BCUT2D eigenvalue weighted by molar-refractivity contribution is 0.256. The molecule has 0 bridgehead atoms. The van der Waals surface area contributed by atoms with Crippen LogP contribution < -0.4 is 10.2 Å². The van der Waals surface area contributed by atoms with Crippen LogP contribution in [0.25, 0.3) is 0 Å². The molecule has 3 aromatic rings. The van der Waals surface area contributed by atoms with Crippen LogP contribution in [0.2, 0.25) is 5.02 Å². The maximum atomic E-state index is 12.7. The number of urea groups is 1. The minimum absolute atomic E-state index is 0.255. The van der Waals surface area contributed by atoms with Crippen LogP contribution in [0.4, 0.5) is 16.2 Å². The monoisotopic (exact) mass is 326 g/mol. The van der Waals surface area contributed by atoms with E-state index in [0.717, 1.165) is 5.69 Å². The lowest BCUT2D eigenvalue weighted by Crippen LogP contribution is -2.34. The van der Waals surface area contributed by atoms with Crippen molar-refractivity contribution in [3.05, 3.63) is 83.8 Å². The Bertz CT molecular complexity index is 773. The number of amides is 2. The number of rotatable bonds is 4. The lowest BCUT2D eigenvalue weighted by atomic mass is 10.2. The summed E-state index contributed by atoms with van der Waals surface area (Å²) >= 11 is 6.05. The predicted molar refractivity (Wildman–Crippen MR) is 91.8 cm³/mol. The Labute approximate surface area is 139 Å². The molecule has 0 saturated carbocycles. The van der Waals surface area contributed by atoms with Gasteiger partial charge in [-0.25, -0.2) is 4.79 Å². The van der Waals surface area contributed by atoms with Gasteiger partial charge in [0.1, 0.15) is 5.76 Å². The smallest absolute Gasteiger partial charge is 0.326 e. The fourth-order valence-electron chi connectivity index (χ4n) is 2.20. The van der Waals surface area contributed by atoms with Crippen LogP contribution in [0.15, 0.2) is 77.4 Å². The molecule has 4 nitrogen and oxygen atoms in total. The van der Waals surface area contributed by atoms with Crippen LogP contribution >= 0.6 is 11.6 Å². The van der Waals surface area contributed by atoms with Gasteiger partial charge in [0, 0.05) is 16.4 Å². The van der Waals surface area contributed by atoms with Crippen LogP contribution in [-0.2, 0) is 6.54 Å². The summed E-state index contributed by atoms with van der Waals surface area (Å²) in [6, 6.07) is 19.8. The molecule has 0 aliphatic carbocycles. The minimum atomic E-state index is -0.255. The lowest BCUT2D eigenvalue weighted by Gasteiger charge is -2.22. The fourth-order valence-corrected chi connectivity index (χ4v) is 2.38. The van der Waals surface area contributed by atoms with Crippen molar-refractivity contribution in [2.75, 3.05) is 10.2 Å². The molecule has 1 heterocycles. The summed E-state index contributed by atoms with van der Waals surface area (Å²) in [5.41, 5.74) is 1.42. The molecule has 0 fully saturated rings. The van der Waals surface area contributed by atoms with Gasteiger partial charge in [-0.05, 0) is 42.5 Å². The zero-order valence-corrected chi connectivity index (χ0v) is 13.0. The van der Waals surface area contributed by atoms with Crippen molar-refractivity contribution >= 4 is 29.0 Å². The van der Waals surface area contributed by atoms with Gasteiger partial charge < -0.3 is 9.73 Å². The van der Waals surface area contributed by atoms with E-state index in [1.54, 1.807) is 29.4 Å². The predicted octanol–water partition coefficient (Wildman–Crippen LogP) is 5.17. The molecule has 1 aromatic heterocycles. The molecule has 23 heavy (non-hydrogen) atoms. The Morgan fingerprint density at radius 3 is 2.57 bits per heavy atom. The van der Waals surface area contributed by atoms with Crippen LogP contribution in [0.5, 0.6) is 0 Å². The maximum absolute atomic E-state index is 12.7. The van der Waals surface area contributed by atoms with Crippen molar-refractivity contribution in [2.24, 2.45) is 0 Å². The van der Waals surface area contributed by atoms with Crippen molar-refractivity contribution in [3.63, 3.8) is 0 Å². The SMILES string of the molecule is O=C(Nc1ccccc1)N(Cc1ccco1)c1cccc(Cl)c1. The number of anilines is 2. The number of halogens is 1. The Kier molecular flexibility index (Phi) is 4.64. The van der Waals surface area contributed by atoms with Crippen LogP contribution in [0, 0.1) is 0 Å². The first-order chi connectivity index (χ1) is 11.2. The largest absolute Gasteiger partial charge is 0.467 e. The standard InChI is InChI=1S/C18H15ClN2O2/c19-14-6-4-9-16(12-14)21(13-17-10-5-11-23-17)18(22)20-15-7-2-1-3-8-15/h1-12H,13H2,(H,20,22). The molecular weight excluding hydrogens is 312 g/mol. The van der Waals surface area contributed by atoms with Crippen molar-refractivity contribution in [2.45, 2.75) is 6.54 Å². The van der Waals surface area contributed by atoms with E-state index in [4.69, 9.17) is 16.0 Å². The minimum Gasteiger partial charge on any atom is -0.467 e. The number of para-hydroxylation sites is 1. The van der Waals surface area contributed by atoms with E-state index in [1.165, 1.54) is 0 Å². The number of nitrogens with one attached hydrogen (secondary N) is 1. The molecule has 1 N–H and O–H groups in total. The second-order valence-electron chi connectivity index (χ2n) is 4.94. The fraction of sp³-hybridized carbons (Fsp3) is 0.0556. The van der Waals surface area contributed by atoms with Gasteiger partial charge in [-0.1, -0.05) is 35.9 Å². The van der Waals surface area contributed by atoms with E-state index in [-0.39, 0.29) is 6.03 Å². The first-order valence-corrected chi connectivity index (χ1v) is 7.52. The van der Waals surface area contributed by atoms with E-state index in [2.05, 4.69) is 5.32 Å². The number of hydrogen-bond donors (Lipinski definition) is 1. The normalized spacial score (nSPS) is 10.3. The average Bonchev–Trinajstić information content (AvgIpc) is 3.06. The molecule has 0 unspecified atom stereocenters. The van der Waals surface area contributed by atoms with E-state index >= 15 is 0 Å². The van der Waals surface area contributed by atoms with Gasteiger partial charge >= 0.3 is 6.03 Å². The summed E-state index contributed by atoms with van der Waals surface area (Å²) in [4.78, 5) is 14.3. The molecule has 2 aromatic carbocycles. The summed E-state index contributed by atoms with van der Waals surface area (Å²) in [5.74, 6) is 0.688. The Hall–Kier alpha value is -2.72. The highest BCUT2D eigenvalue weighted by Crippen LogP contribution is 2.23. The van der Waals surface area contributed by atoms with E-state index in [0.29, 0.717) is 23.0 Å². The summed E-state index contributed by atoms with van der Waals surface area (Å²) in [6.07, 6.45) is 1.58. The van der Waals surface area contributed by atoms with Gasteiger partial charge in [0.2, 0.25) is 0 Å². The second-order valence-corrected chi connectivity index (χ2v) is 5.38. The third-order valence-electron chi connectivity index (χ3n) is 3.28. The van der Waals surface area contributed by atoms with Crippen molar-refractivity contribution in [1.29, 1.82) is 0 Å². The highest BCUT2D eigenvalue weighted by Gasteiger charge is 2.18. The molecular formula is C18H15ClN2O2. The molecule has 0 atom stereocenters. The summed E-state index contributed by atoms with van der Waals surface area (Å²) < 4.78 is 5.36. The summed E-state index contributed by atoms with van der Waals surface area (Å²) in [5, 5.41) is 3.44. The quantitative estimate of drug-likeness (QED) is 0.718. The molecule has 3 rings (SSSR count). The first kappa shape index (κ1) is 15.2. The number of carbonyl (C=O) groups excluding carboxylic acids is 1. The van der Waals surface area contributed by atoms with E-state index < -0.39 is 0 Å².